The van der Waals surface area contributed by atoms with Crippen molar-refractivity contribution in [3.05, 3.63) is 23.9 Å². The van der Waals surface area contributed by atoms with Gasteiger partial charge in [0.1, 0.15) is 0 Å². The molecule has 0 amide bonds. The molecule has 1 aromatic heterocycles. The van der Waals surface area contributed by atoms with Crippen LogP contribution in [0.25, 0.3) is 0 Å². The summed E-state index contributed by atoms with van der Waals surface area (Å²) >= 11 is 1.89. The van der Waals surface area contributed by atoms with E-state index in [2.05, 4.69) is 10.3 Å². The molecule has 0 saturated heterocycles. The van der Waals surface area contributed by atoms with Crippen LogP contribution < -0.4 is 10.1 Å². The molecule has 0 aromatic carbocycles. The van der Waals surface area contributed by atoms with E-state index in [0.717, 1.165) is 23.8 Å². The van der Waals surface area contributed by atoms with Crippen LogP contribution >= 0.6 is 11.8 Å². The highest BCUT2D eigenvalue weighted by atomic mass is 32.2. The molecule has 1 aromatic rings. The number of hydrogen-bond acceptors (Lipinski definition) is 5. The van der Waals surface area contributed by atoms with Crippen molar-refractivity contribution in [2.24, 2.45) is 10.4 Å². The lowest BCUT2D eigenvalue weighted by atomic mass is 9.75. The van der Waals surface area contributed by atoms with E-state index in [1.54, 1.807) is 7.11 Å². The molecule has 2 aliphatic rings. The lowest BCUT2D eigenvalue weighted by molar-refractivity contribution is 0.232. The second-order valence-electron chi connectivity index (χ2n) is 6.03. The van der Waals surface area contributed by atoms with Crippen molar-refractivity contribution in [2.45, 2.75) is 38.6 Å². The minimum Gasteiger partial charge on any atom is -0.481 e. The fraction of sp³-hybridized carbons (Fsp3) is 0.625. The Kier molecular flexibility index (Phi) is 4.68. The Morgan fingerprint density at radius 2 is 2.14 bits per heavy atom. The minimum atomic E-state index is 0.496. The summed E-state index contributed by atoms with van der Waals surface area (Å²) in [7, 11) is 1.63. The van der Waals surface area contributed by atoms with Crippen LogP contribution in [0.5, 0.6) is 5.88 Å². The van der Waals surface area contributed by atoms with Crippen LogP contribution in [0.1, 0.15) is 37.7 Å². The van der Waals surface area contributed by atoms with Crippen molar-refractivity contribution in [2.75, 3.05) is 19.4 Å². The number of pyridine rings is 1. The Morgan fingerprint density at radius 3 is 2.76 bits per heavy atom. The Bertz CT molecular complexity index is 495. The predicted octanol–water partition coefficient (Wildman–Crippen LogP) is 3.23. The summed E-state index contributed by atoms with van der Waals surface area (Å²) in [4.78, 5) is 9.00. The average Bonchev–Trinajstić information content (AvgIpc) is 2.56. The molecule has 1 saturated carbocycles. The molecule has 2 heterocycles. The molecular weight excluding hydrogens is 282 g/mol. The standard InChI is InChI=1S/C16H23N3OS/c1-20-14-6-5-13(9-17-14)10-18-15-19-11-16(12-21-15)7-3-2-4-8-16/h5-6,9H,2-4,7-8,10-12H2,1H3,(H,18,19). The highest BCUT2D eigenvalue weighted by Crippen LogP contribution is 2.41. The fourth-order valence-electron chi connectivity index (χ4n) is 3.08. The van der Waals surface area contributed by atoms with Gasteiger partial charge in [0.2, 0.25) is 5.88 Å². The third kappa shape index (κ3) is 3.70. The molecule has 4 nitrogen and oxygen atoms in total. The number of aromatic nitrogens is 1. The van der Waals surface area contributed by atoms with Gasteiger partial charge in [-0.15, -0.1) is 0 Å². The van der Waals surface area contributed by atoms with Gasteiger partial charge in [-0.1, -0.05) is 37.1 Å². The maximum atomic E-state index is 5.07. The fourth-order valence-corrected chi connectivity index (χ4v) is 4.23. The number of ether oxygens (including phenoxy) is 1. The van der Waals surface area contributed by atoms with Gasteiger partial charge in [-0.2, -0.15) is 0 Å². The molecule has 1 spiro atoms. The van der Waals surface area contributed by atoms with Gasteiger partial charge in [0, 0.05) is 31.1 Å². The van der Waals surface area contributed by atoms with Crippen LogP contribution in [-0.4, -0.2) is 29.6 Å². The summed E-state index contributed by atoms with van der Waals surface area (Å²) < 4.78 is 5.07. The minimum absolute atomic E-state index is 0.496. The van der Waals surface area contributed by atoms with E-state index in [4.69, 9.17) is 9.73 Å². The van der Waals surface area contributed by atoms with E-state index in [-0.39, 0.29) is 0 Å². The molecule has 0 bridgehead atoms. The van der Waals surface area contributed by atoms with Crippen molar-refractivity contribution < 1.29 is 4.74 Å². The molecule has 1 fully saturated rings. The number of hydrogen-bond donors (Lipinski definition) is 1. The molecule has 1 aliphatic carbocycles. The van der Waals surface area contributed by atoms with Crippen LogP contribution in [-0.2, 0) is 6.54 Å². The summed E-state index contributed by atoms with van der Waals surface area (Å²) in [6.45, 7) is 1.78. The largest absolute Gasteiger partial charge is 0.481 e. The molecule has 0 radical (unpaired) electrons. The van der Waals surface area contributed by atoms with Gasteiger partial charge in [0.05, 0.1) is 7.11 Å². The van der Waals surface area contributed by atoms with Crippen molar-refractivity contribution in [3.63, 3.8) is 0 Å². The van der Waals surface area contributed by atoms with E-state index < -0.39 is 0 Å². The Labute approximate surface area is 130 Å². The highest BCUT2D eigenvalue weighted by Gasteiger charge is 2.34. The summed E-state index contributed by atoms with van der Waals surface area (Å²) in [5.41, 5.74) is 1.65. The van der Waals surface area contributed by atoms with Crippen LogP contribution in [0.3, 0.4) is 0 Å². The molecule has 0 unspecified atom stereocenters. The number of rotatable bonds is 3. The van der Waals surface area contributed by atoms with Gasteiger partial charge < -0.3 is 10.1 Å². The lowest BCUT2D eigenvalue weighted by Crippen LogP contribution is -2.36. The second-order valence-corrected chi connectivity index (χ2v) is 7.00. The SMILES string of the molecule is COc1ccc(CNC2=NCC3(CCCCC3)CS2)cn1. The predicted molar refractivity (Wildman–Crippen MR) is 87.9 cm³/mol. The zero-order valence-electron chi connectivity index (χ0n) is 12.6. The Morgan fingerprint density at radius 1 is 1.29 bits per heavy atom. The Balaban J connectivity index is 1.51. The molecule has 114 valence electrons. The molecule has 1 aliphatic heterocycles. The molecule has 5 heteroatoms. The van der Waals surface area contributed by atoms with E-state index >= 15 is 0 Å². The first-order chi connectivity index (χ1) is 10.3. The van der Waals surface area contributed by atoms with Crippen molar-refractivity contribution in [3.8, 4) is 5.88 Å². The van der Waals surface area contributed by atoms with E-state index in [1.165, 1.54) is 37.9 Å². The van der Waals surface area contributed by atoms with Gasteiger partial charge >= 0.3 is 0 Å². The van der Waals surface area contributed by atoms with Gasteiger partial charge in [0.15, 0.2) is 5.17 Å². The number of nitrogens with one attached hydrogen (secondary N) is 1. The molecular formula is C16H23N3OS. The van der Waals surface area contributed by atoms with Crippen molar-refractivity contribution in [1.82, 2.24) is 10.3 Å². The number of thioether (sulfide) groups is 1. The monoisotopic (exact) mass is 305 g/mol. The van der Waals surface area contributed by atoms with Crippen molar-refractivity contribution in [1.29, 1.82) is 0 Å². The summed E-state index contributed by atoms with van der Waals surface area (Å²) in [5.74, 6) is 1.88. The third-order valence-electron chi connectivity index (χ3n) is 4.44. The smallest absolute Gasteiger partial charge is 0.212 e. The van der Waals surface area contributed by atoms with Gasteiger partial charge in [-0.3, -0.25) is 4.99 Å². The molecule has 0 atom stereocenters. The second kappa shape index (κ2) is 6.69. The molecule has 1 N–H and O–H groups in total. The van der Waals surface area contributed by atoms with Crippen LogP contribution in [0.4, 0.5) is 0 Å². The summed E-state index contributed by atoms with van der Waals surface area (Å²) in [6, 6.07) is 3.93. The Hall–Kier alpha value is -1.23. The number of aliphatic imine (C=N–C) groups is 1. The normalized spacial score (nSPS) is 20.9. The average molecular weight is 305 g/mol. The maximum Gasteiger partial charge on any atom is 0.212 e. The number of methoxy groups -OCH3 is 1. The summed E-state index contributed by atoms with van der Waals surface area (Å²) in [6.07, 6.45) is 8.75. The lowest BCUT2D eigenvalue weighted by Gasteiger charge is -2.38. The third-order valence-corrected chi connectivity index (χ3v) is 5.74. The first kappa shape index (κ1) is 14.7. The number of amidine groups is 1. The highest BCUT2D eigenvalue weighted by molar-refractivity contribution is 8.13. The zero-order valence-corrected chi connectivity index (χ0v) is 13.4. The molecule has 3 rings (SSSR count). The van der Waals surface area contributed by atoms with Gasteiger partial charge in [-0.25, -0.2) is 4.98 Å². The van der Waals surface area contributed by atoms with Crippen molar-refractivity contribution >= 4 is 16.9 Å². The van der Waals surface area contributed by atoms with E-state index in [9.17, 15) is 0 Å². The van der Waals surface area contributed by atoms with E-state index in [1.807, 2.05) is 30.1 Å². The van der Waals surface area contributed by atoms with Crippen LogP contribution in [0, 0.1) is 5.41 Å². The van der Waals surface area contributed by atoms with Crippen LogP contribution in [0.2, 0.25) is 0 Å². The quantitative estimate of drug-likeness (QED) is 0.931. The first-order valence-electron chi connectivity index (χ1n) is 7.70. The number of nitrogens with zero attached hydrogens (tertiary/aromatic N) is 2. The first-order valence-corrected chi connectivity index (χ1v) is 8.68. The van der Waals surface area contributed by atoms with Crippen LogP contribution in [0.15, 0.2) is 23.3 Å². The zero-order chi connectivity index (χ0) is 14.5. The molecule has 21 heavy (non-hydrogen) atoms. The topological polar surface area (TPSA) is 46.5 Å². The maximum absolute atomic E-state index is 5.07. The summed E-state index contributed by atoms with van der Waals surface area (Å²) in [5, 5.41) is 4.51. The van der Waals surface area contributed by atoms with Gasteiger partial charge in [-0.05, 0) is 23.8 Å². The van der Waals surface area contributed by atoms with Gasteiger partial charge in [0.25, 0.3) is 0 Å². The van der Waals surface area contributed by atoms with E-state index in [0.29, 0.717) is 11.3 Å².